The van der Waals surface area contributed by atoms with E-state index in [1.165, 1.54) is 0 Å². The van der Waals surface area contributed by atoms with E-state index in [-0.39, 0.29) is 17.4 Å². The first-order valence-corrected chi connectivity index (χ1v) is 14.9. The standard InChI is InChI=1S/C35H41N3O5/c1-5-6-17-29(31(39)32(40)36-24(2)25-13-9-7-10-14-25)37-34(42)43-30-22-35(3,4)23-38(30)33(41)28-20-18-27(19-21-28)26-15-11-8-12-16-26/h7-16,18-21,24,29-30H,5-6,17,22-23H2,1-4H3,(H,36,40)(H,37,42)/t24-,29+,30?/m1/s1. The molecule has 1 fully saturated rings. The van der Waals surface area contributed by atoms with Crippen molar-refractivity contribution in [1.29, 1.82) is 0 Å². The van der Waals surface area contributed by atoms with Crippen molar-refractivity contribution < 1.29 is 23.9 Å². The number of carbonyl (C=O) groups excluding carboxylic acids is 4. The molecule has 1 saturated heterocycles. The SMILES string of the molecule is CCCC[C@H](NC(=O)OC1CC(C)(C)CN1C(=O)c1ccc(-c2ccccc2)cc1)C(=O)C(=O)N[C@H](C)c1ccccc1. The average Bonchev–Trinajstić information content (AvgIpc) is 3.32. The molecule has 3 amide bonds. The molecule has 0 spiro atoms. The molecule has 0 aromatic heterocycles. The number of benzene rings is 3. The Bertz CT molecular complexity index is 1410. The summed E-state index contributed by atoms with van der Waals surface area (Å²) in [6.45, 7) is 8.19. The molecule has 0 radical (unpaired) electrons. The Morgan fingerprint density at radius 2 is 1.49 bits per heavy atom. The summed E-state index contributed by atoms with van der Waals surface area (Å²) in [7, 11) is 0. The lowest BCUT2D eigenvalue weighted by Gasteiger charge is -2.26. The summed E-state index contributed by atoms with van der Waals surface area (Å²) >= 11 is 0. The number of ketones is 1. The van der Waals surface area contributed by atoms with E-state index in [1.807, 2.05) is 93.6 Å². The number of alkyl carbamates (subject to hydrolysis) is 1. The summed E-state index contributed by atoms with van der Waals surface area (Å²) in [5.74, 6) is -1.74. The van der Waals surface area contributed by atoms with Crippen molar-refractivity contribution in [3.63, 3.8) is 0 Å². The maximum Gasteiger partial charge on any atom is 0.409 e. The zero-order chi connectivity index (χ0) is 31.0. The minimum atomic E-state index is -1.04. The van der Waals surface area contributed by atoms with E-state index in [4.69, 9.17) is 4.74 Å². The maximum atomic E-state index is 13.6. The number of Topliss-reactive ketones (excluding diaryl/α,β-unsaturated/α-hetero) is 1. The molecule has 8 nitrogen and oxygen atoms in total. The zero-order valence-corrected chi connectivity index (χ0v) is 25.3. The number of likely N-dealkylation sites (tertiary alicyclic amines) is 1. The predicted octanol–water partition coefficient (Wildman–Crippen LogP) is 6.28. The zero-order valence-electron chi connectivity index (χ0n) is 25.3. The molecule has 1 heterocycles. The van der Waals surface area contributed by atoms with Crippen molar-refractivity contribution in [2.75, 3.05) is 6.54 Å². The number of carbonyl (C=O) groups is 4. The first-order chi connectivity index (χ1) is 20.6. The number of amides is 3. The Hall–Kier alpha value is -4.46. The first kappa shape index (κ1) is 31.5. The van der Waals surface area contributed by atoms with Gasteiger partial charge in [0, 0.05) is 18.5 Å². The normalized spacial score (nSPS) is 17.0. The number of hydrogen-bond acceptors (Lipinski definition) is 5. The third-order valence-corrected chi connectivity index (χ3v) is 7.74. The second-order valence-electron chi connectivity index (χ2n) is 11.9. The van der Waals surface area contributed by atoms with Crippen LogP contribution in [0.2, 0.25) is 0 Å². The summed E-state index contributed by atoms with van der Waals surface area (Å²) in [6.07, 6.45) is 0.507. The Labute approximate surface area is 253 Å². The summed E-state index contributed by atoms with van der Waals surface area (Å²) in [5, 5.41) is 5.35. The quantitative estimate of drug-likeness (QED) is 0.259. The van der Waals surface area contributed by atoms with Crippen LogP contribution in [0.4, 0.5) is 4.79 Å². The van der Waals surface area contributed by atoms with Gasteiger partial charge in [0.25, 0.3) is 11.8 Å². The Morgan fingerprint density at radius 1 is 0.884 bits per heavy atom. The van der Waals surface area contributed by atoms with Crippen molar-refractivity contribution in [1.82, 2.24) is 15.5 Å². The smallest absolute Gasteiger partial charge is 0.409 e. The summed E-state index contributed by atoms with van der Waals surface area (Å²) in [5.41, 5.74) is 3.12. The molecule has 3 atom stereocenters. The Morgan fingerprint density at radius 3 is 2.12 bits per heavy atom. The summed E-state index contributed by atoms with van der Waals surface area (Å²) < 4.78 is 5.76. The second-order valence-corrected chi connectivity index (χ2v) is 11.9. The molecule has 3 aromatic rings. The van der Waals surface area contributed by atoms with Gasteiger partial charge >= 0.3 is 6.09 Å². The maximum absolute atomic E-state index is 13.6. The number of ether oxygens (including phenoxy) is 1. The van der Waals surface area contributed by atoms with Crippen LogP contribution in [0.25, 0.3) is 11.1 Å². The van der Waals surface area contributed by atoms with E-state index in [0.717, 1.165) is 23.1 Å². The highest BCUT2D eigenvalue weighted by molar-refractivity contribution is 6.38. The summed E-state index contributed by atoms with van der Waals surface area (Å²) in [4.78, 5) is 54.2. The van der Waals surface area contributed by atoms with Gasteiger partial charge in [-0.05, 0) is 47.6 Å². The van der Waals surface area contributed by atoms with Gasteiger partial charge in [-0.15, -0.1) is 0 Å². The minimum Gasteiger partial charge on any atom is -0.425 e. The van der Waals surface area contributed by atoms with Crippen LogP contribution in [-0.4, -0.2) is 47.4 Å². The highest BCUT2D eigenvalue weighted by Crippen LogP contribution is 2.35. The van der Waals surface area contributed by atoms with Crippen molar-refractivity contribution >= 4 is 23.7 Å². The molecule has 0 bridgehead atoms. The molecule has 1 aliphatic heterocycles. The molecular formula is C35H41N3O5. The van der Waals surface area contributed by atoms with Crippen LogP contribution < -0.4 is 10.6 Å². The minimum absolute atomic E-state index is 0.240. The van der Waals surface area contributed by atoms with Gasteiger partial charge in [0.05, 0.1) is 6.04 Å². The molecule has 2 N–H and O–H groups in total. The number of nitrogens with one attached hydrogen (secondary N) is 2. The third kappa shape index (κ3) is 8.31. The number of hydrogen-bond donors (Lipinski definition) is 2. The first-order valence-electron chi connectivity index (χ1n) is 14.9. The van der Waals surface area contributed by atoms with Crippen LogP contribution >= 0.6 is 0 Å². The molecule has 1 unspecified atom stereocenters. The number of rotatable bonds is 11. The molecule has 8 heteroatoms. The fraction of sp³-hybridized carbons (Fsp3) is 0.371. The predicted molar refractivity (Wildman–Crippen MR) is 166 cm³/mol. The molecule has 4 rings (SSSR count). The van der Waals surface area contributed by atoms with E-state index < -0.39 is 30.1 Å². The highest BCUT2D eigenvalue weighted by atomic mass is 16.6. The third-order valence-electron chi connectivity index (χ3n) is 7.74. The van der Waals surface area contributed by atoms with Crippen LogP contribution in [0.5, 0.6) is 0 Å². The number of nitrogens with zero attached hydrogens (tertiary/aromatic N) is 1. The fourth-order valence-electron chi connectivity index (χ4n) is 5.35. The van der Waals surface area contributed by atoms with E-state index >= 15 is 0 Å². The van der Waals surface area contributed by atoms with Gasteiger partial charge in [-0.25, -0.2) is 4.79 Å². The van der Waals surface area contributed by atoms with Crippen LogP contribution in [0.3, 0.4) is 0 Å². The molecule has 226 valence electrons. The Kier molecular flexibility index (Phi) is 10.3. The van der Waals surface area contributed by atoms with Crippen molar-refractivity contribution in [2.24, 2.45) is 5.41 Å². The Balaban J connectivity index is 1.42. The van der Waals surface area contributed by atoms with Gasteiger partial charge in [0.15, 0.2) is 6.23 Å². The van der Waals surface area contributed by atoms with Crippen LogP contribution in [0.1, 0.15) is 75.3 Å². The van der Waals surface area contributed by atoms with Crippen LogP contribution in [-0.2, 0) is 14.3 Å². The topological polar surface area (TPSA) is 105 Å². The lowest BCUT2D eigenvalue weighted by molar-refractivity contribution is -0.139. The molecule has 43 heavy (non-hydrogen) atoms. The molecule has 0 aliphatic carbocycles. The lowest BCUT2D eigenvalue weighted by Crippen LogP contribution is -2.49. The van der Waals surface area contributed by atoms with Gasteiger partial charge in [-0.2, -0.15) is 0 Å². The van der Waals surface area contributed by atoms with Crippen molar-refractivity contribution in [2.45, 2.75) is 71.7 Å². The monoisotopic (exact) mass is 583 g/mol. The molecule has 0 saturated carbocycles. The van der Waals surface area contributed by atoms with Gasteiger partial charge < -0.3 is 20.3 Å². The van der Waals surface area contributed by atoms with E-state index in [2.05, 4.69) is 10.6 Å². The van der Waals surface area contributed by atoms with Crippen LogP contribution in [0, 0.1) is 5.41 Å². The van der Waals surface area contributed by atoms with Crippen molar-refractivity contribution in [3.8, 4) is 11.1 Å². The average molecular weight is 584 g/mol. The fourth-order valence-corrected chi connectivity index (χ4v) is 5.35. The molecular weight excluding hydrogens is 542 g/mol. The second kappa shape index (κ2) is 14.1. The summed E-state index contributed by atoms with van der Waals surface area (Å²) in [6, 6.07) is 25.2. The molecule has 3 aromatic carbocycles. The van der Waals surface area contributed by atoms with E-state index in [0.29, 0.717) is 31.4 Å². The largest absolute Gasteiger partial charge is 0.425 e. The lowest BCUT2D eigenvalue weighted by atomic mass is 9.93. The highest BCUT2D eigenvalue weighted by Gasteiger charge is 2.43. The van der Waals surface area contributed by atoms with Gasteiger partial charge in [-0.3, -0.25) is 14.4 Å². The van der Waals surface area contributed by atoms with Gasteiger partial charge in [-0.1, -0.05) is 106 Å². The van der Waals surface area contributed by atoms with Crippen LogP contribution in [0.15, 0.2) is 84.9 Å². The van der Waals surface area contributed by atoms with Gasteiger partial charge in [0.2, 0.25) is 5.78 Å². The number of unbranched alkanes of at least 4 members (excludes halogenated alkanes) is 1. The van der Waals surface area contributed by atoms with E-state index in [9.17, 15) is 19.2 Å². The van der Waals surface area contributed by atoms with Gasteiger partial charge in [0.1, 0.15) is 6.04 Å². The van der Waals surface area contributed by atoms with E-state index in [1.54, 1.807) is 24.0 Å². The molecule has 1 aliphatic rings. The van der Waals surface area contributed by atoms with Crippen molar-refractivity contribution in [3.05, 3.63) is 96.1 Å².